The summed E-state index contributed by atoms with van der Waals surface area (Å²) >= 11 is 0. The van der Waals surface area contributed by atoms with Crippen LogP contribution >= 0.6 is 0 Å². The number of carbonyl (C=O) groups is 1. The zero-order chi connectivity index (χ0) is 19.3. The highest BCUT2D eigenvalue weighted by Crippen LogP contribution is 2.28. The predicted octanol–water partition coefficient (Wildman–Crippen LogP) is 3.66. The highest BCUT2D eigenvalue weighted by Gasteiger charge is 2.22. The molecule has 0 saturated carbocycles. The molecule has 0 aliphatic rings. The standard InChI is InChI=1S/C20H26N2O3S/c1-5-17-11-8-10-16(3)20(17)22(26(4,24)25)14-13-19(23)21-18-12-7-6-9-15(18)2/h6-12H,5,13-14H2,1-4H3,(H,21,23). The van der Waals surface area contributed by atoms with Gasteiger partial charge in [-0.25, -0.2) is 8.42 Å². The molecule has 2 aromatic rings. The molecule has 2 rings (SSSR count). The first kappa shape index (κ1) is 20.0. The average molecular weight is 375 g/mol. The molecule has 0 radical (unpaired) electrons. The summed E-state index contributed by atoms with van der Waals surface area (Å²) in [6, 6.07) is 13.2. The van der Waals surface area contributed by atoms with Crippen LogP contribution in [-0.4, -0.2) is 27.1 Å². The van der Waals surface area contributed by atoms with E-state index < -0.39 is 10.0 Å². The summed E-state index contributed by atoms with van der Waals surface area (Å²) in [6.07, 6.45) is 1.98. The maximum atomic E-state index is 12.4. The molecule has 1 N–H and O–H groups in total. The van der Waals surface area contributed by atoms with Crippen LogP contribution in [0.3, 0.4) is 0 Å². The van der Waals surface area contributed by atoms with Gasteiger partial charge in [-0.15, -0.1) is 0 Å². The molecule has 1 amide bonds. The Morgan fingerprint density at radius 1 is 1.04 bits per heavy atom. The molecular formula is C20H26N2O3S. The summed E-state index contributed by atoms with van der Waals surface area (Å²) in [7, 11) is -3.50. The third-order valence-corrected chi connectivity index (χ3v) is 5.48. The number of anilines is 2. The van der Waals surface area contributed by atoms with Gasteiger partial charge in [-0.2, -0.15) is 0 Å². The van der Waals surface area contributed by atoms with Crippen LogP contribution in [0.2, 0.25) is 0 Å². The first-order valence-corrected chi connectivity index (χ1v) is 10.5. The first-order chi connectivity index (χ1) is 12.2. The molecule has 0 aromatic heterocycles. The number of nitrogens with zero attached hydrogens (tertiary/aromatic N) is 1. The van der Waals surface area contributed by atoms with Crippen molar-refractivity contribution in [3.8, 4) is 0 Å². The summed E-state index contributed by atoms with van der Waals surface area (Å²) in [5.41, 5.74) is 4.23. The second kappa shape index (κ2) is 8.36. The Kier molecular flexibility index (Phi) is 6.42. The SMILES string of the molecule is CCc1cccc(C)c1N(CCC(=O)Nc1ccccc1C)S(C)(=O)=O. The summed E-state index contributed by atoms with van der Waals surface area (Å²) in [5.74, 6) is -0.209. The number of aryl methyl sites for hydroxylation is 3. The topological polar surface area (TPSA) is 66.5 Å². The van der Waals surface area contributed by atoms with Crippen molar-refractivity contribution < 1.29 is 13.2 Å². The lowest BCUT2D eigenvalue weighted by molar-refractivity contribution is -0.116. The largest absolute Gasteiger partial charge is 0.326 e. The summed E-state index contributed by atoms with van der Waals surface area (Å²) in [5, 5.41) is 2.85. The van der Waals surface area contributed by atoms with Crippen molar-refractivity contribution in [2.75, 3.05) is 22.4 Å². The number of hydrogen-bond acceptors (Lipinski definition) is 3. The van der Waals surface area contributed by atoms with E-state index in [0.29, 0.717) is 5.69 Å². The number of sulfonamides is 1. The highest BCUT2D eigenvalue weighted by atomic mass is 32.2. The van der Waals surface area contributed by atoms with Crippen LogP contribution in [0.1, 0.15) is 30.0 Å². The van der Waals surface area contributed by atoms with E-state index in [1.54, 1.807) is 0 Å². The van der Waals surface area contributed by atoms with E-state index in [1.807, 2.05) is 63.2 Å². The minimum atomic E-state index is -3.50. The maximum Gasteiger partial charge on any atom is 0.232 e. The molecule has 0 saturated heterocycles. The smallest absolute Gasteiger partial charge is 0.232 e. The third-order valence-electron chi connectivity index (χ3n) is 4.31. The van der Waals surface area contributed by atoms with Gasteiger partial charge in [-0.3, -0.25) is 9.10 Å². The summed E-state index contributed by atoms with van der Waals surface area (Å²) < 4.78 is 26.1. The molecule has 0 aliphatic heterocycles. The van der Waals surface area contributed by atoms with Crippen molar-refractivity contribution in [1.82, 2.24) is 0 Å². The molecule has 0 atom stereocenters. The lowest BCUT2D eigenvalue weighted by Gasteiger charge is -2.26. The number of nitrogens with one attached hydrogen (secondary N) is 1. The number of carbonyl (C=O) groups excluding carboxylic acids is 1. The first-order valence-electron chi connectivity index (χ1n) is 8.65. The molecule has 0 spiro atoms. The lowest BCUT2D eigenvalue weighted by Crippen LogP contribution is -2.34. The van der Waals surface area contributed by atoms with Gasteiger partial charge in [-0.1, -0.05) is 43.3 Å². The van der Waals surface area contributed by atoms with Gasteiger partial charge in [-0.05, 0) is 43.0 Å². The van der Waals surface area contributed by atoms with E-state index >= 15 is 0 Å². The van der Waals surface area contributed by atoms with Gasteiger partial charge in [0, 0.05) is 18.7 Å². The fourth-order valence-electron chi connectivity index (χ4n) is 2.93. The van der Waals surface area contributed by atoms with E-state index in [-0.39, 0.29) is 18.9 Å². The van der Waals surface area contributed by atoms with Gasteiger partial charge in [0.1, 0.15) is 0 Å². The van der Waals surface area contributed by atoms with Crippen molar-refractivity contribution in [3.63, 3.8) is 0 Å². The van der Waals surface area contributed by atoms with Crippen LogP contribution in [-0.2, 0) is 21.2 Å². The number of para-hydroxylation sites is 2. The molecule has 6 heteroatoms. The van der Waals surface area contributed by atoms with Crippen LogP contribution < -0.4 is 9.62 Å². The Hall–Kier alpha value is -2.34. The highest BCUT2D eigenvalue weighted by molar-refractivity contribution is 7.92. The number of benzene rings is 2. The van der Waals surface area contributed by atoms with E-state index in [1.165, 1.54) is 10.6 Å². The van der Waals surface area contributed by atoms with Gasteiger partial charge in [0.25, 0.3) is 0 Å². The Morgan fingerprint density at radius 2 is 1.69 bits per heavy atom. The van der Waals surface area contributed by atoms with Gasteiger partial charge in [0.05, 0.1) is 11.9 Å². The average Bonchev–Trinajstić information content (AvgIpc) is 2.57. The van der Waals surface area contributed by atoms with Crippen molar-refractivity contribution in [2.24, 2.45) is 0 Å². The van der Waals surface area contributed by atoms with Crippen LogP contribution in [0.5, 0.6) is 0 Å². The normalized spacial score (nSPS) is 11.2. The second-order valence-corrected chi connectivity index (χ2v) is 8.29. The minimum absolute atomic E-state index is 0.0822. The third kappa shape index (κ3) is 4.85. The molecule has 140 valence electrons. The lowest BCUT2D eigenvalue weighted by atomic mass is 10.1. The number of rotatable bonds is 7. The van der Waals surface area contributed by atoms with E-state index in [2.05, 4.69) is 5.32 Å². The Bertz CT molecular complexity index is 892. The molecule has 0 aliphatic carbocycles. The fourth-order valence-corrected chi connectivity index (χ4v) is 3.95. The number of hydrogen-bond donors (Lipinski definition) is 1. The van der Waals surface area contributed by atoms with E-state index in [4.69, 9.17) is 0 Å². The molecular weight excluding hydrogens is 348 g/mol. The van der Waals surface area contributed by atoms with Crippen molar-refractivity contribution in [3.05, 3.63) is 59.2 Å². The maximum absolute atomic E-state index is 12.4. The molecule has 5 nitrogen and oxygen atoms in total. The molecule has 0 heterocycles. The Labute approximate surface area is 156 Å². The van der Waals surface area contributed by atoms with Gasteiger partial charge < -0.3 is 5.32 Å². The predicted molar refractivity (Wildman–Crippen MR) is 107 cm³/mol. The summed E-state index contributed by atoms with van der Waals surface area (Å²) in [4.78, 5) is 12.3. The molecule has 2 aromatic carbocycles. The second-order valence-electron chi connectivity index (χ2n) is 6.38. The molecule has 0 bridgehead atoms. The Balaban J connectivity index is 2.21. The summed E-state index contributed by atoms with van der Waals surface area (Å²) in [6.45, 7) is 5.90. The van der Waals surface area contributed by atoms with Crippen molar-refractivity contribution in [1.29, 1.82) is 0 Å². The number of amides is 1. The van der Waals surface area contributed by atoms with Gasteiger partial charge >= 0.3 is 0 Å². The quantitative estimate of drug-likeness (QED) is 0.804. The molecule has 26 heavy (non-hydrogen) atoms. The van der Waals surface area contributed by atoms with Gasteiger partial charge in [0.15, 0.2) is 0 Å². The van der Waals surface area contributed by atoms with E-state index in [9.17, 15) is 13.2 Å². The molecule has 0 unspecified atom stereocenters. The van der Waals surface area contributed by atoms with Crippen molar-refractivity contribution >= 4 is 27.3 Å². The monoisotopic (exact) mass is 374 g/mol. The minimum Gasteiger partial charge on any atom is -0.326 e. The molecule has 0 fully saturated rings. The van der Waals surface area contributed by atoms with Crippen LogP contribution in [0.25, 0.3) is 0 Å². The van der Waals surface area contributed by atoms with E-state index in [0.717, 1.165) is 28.8 Å². The van der Waals surface area contributed by atoms with Crippen LogP contribution in [0, 0.1) is 13.8 Å². The Morgan fingerprint density at radius 3 is 2.31 bits per heavy atom. The zero-order valence-corrected chi connectivity index (χ0v) is 16.6. The van der Waals surface area contributed by atoms with Crippen molar-refractivity contribution in [2.45, 2.75) is 33.6 Å². The van der Waals surface area contributed by atoms with Gasteiger partial charge in [0.2, 0.25) is 15.9 Å². The van der Waals surface area contributed by atoms with Crippen LogP contribution in [0.15, 0.2) is 42.5 Å². The zero-order valence-electron chi connectivity index (χ0n) is 15.7. The fraction of sp³-hybridized carbons (Fsp3) is 0.350. The van der Waals surface area contributed by atoms with Crippen LogP contribution in [0.4, 0.5) is 11.4 Å².